The Kier molecular flexibility index (Phi) is 5.40. The second-order valence-electron chi connectivity index (χ2n) is 5.51. The van der Waals surface area contributed by atoms with Crippen LogP contribution >= 0.6 is 0 Å². The number of carboxylic acids is 1. The number of ether oxygens (including phenoxy) is 1. The van der Waals surface area contributed by atoms with Gasteiger partial charge < -0.3 is 14.7 Å². The van der Waals surface area contributed by atoms with Crippen LogP contribution in [0.15, 0.2) is 0 Å². The molecule has 1 rings (SSSR count). The first-order valence-corrected chi connectivity index (χ1v) is 6.42. The fourth-order valence-electron chi connectivity index (χ4n) is 2.92. The van der Waals surface area contributed by atoms with Crippen molar-refractivity contribution in [2.24, 2.45) is 17.8 Å². The Morgan fingerprint density at radius 2 is 1.82 bits per heavy atom. The molecule has 1 saturated heterocycles. The van der Waals surface area contributed by atoms with E-state index in [-0.39, 0.29) is 17.9 Å². The third-order valence-electron chi connectivity index (χ3n) is 3.72. The summed E-state index contributed by atoms with van der Waals surface area (Å²) < 4.78 is 5.36. The van der Waals surface area contributed by atoms with Crippen LogP contribution in [0.4, 0.5) is 0 Å². The summed E-state index contributed by atoms with van der Waals surface area (Å²) in [6, 6.07) is 0.108. The number of nitrogens with zero attached hydrogens (tertiary/aromatic N) is 1. The maximum absolute atomic E-state index is 11.5. The van der Waals surface area contributed by atoms with Crippen molar-refractivity contribution in [1.29, 1.82) is 0 Å². The molecule has 0 radical (unpaired) electrons. The van der Waals surface area contributed by atoms with Gasteiger partial charge in [-0.25, -0.2) is 0 Å². The van der Waals surface area contributed by atoms with E-state index in [4.69, 9.17) is 4.74 Å². The molecule has 1 fully saturated rings. The fraction of sp³-hybridized carbons (Fsp3) is 0.923. The van der Waals surface area contributed by atoms with E-state index < -0.39 is 5.97 Å². The maximum Gasteiger partial charge on any atom is 0.308 e. The number of carbonyl (C=O) groups is 1. The van der Waals surface area contributed by atoms with Gasteiger partial charge in [-0.15, -0.1) is 0 Å². The molecule has 2 unspecified atom stereocenters. The molecule has 0 aromatic rings. The normalized spacial score (nSPS) is 21.8. The third kappa shape index (κ3) is 3.68. The molecular formula is C13H25NO3. The lowest BCUT2D eigenvalue weighted by atomic mass is 9.77. The van der Waals surface area contributed by atoms with Gasteiger partial charge in [-0.3, -0.25) is 4.79 Å². The zero-order valence-electron chi connectivity index (χ0n) is 11.3. The number of rotatable bonds is 5. The highest BCUT2D eigenvalue weighted by Crippen LogP contribution is 2.30. The molecule has 0 amide bonds. The summed E-state index contributed by atoms with van der Waals surface area (Å²) in [4.78, 5) is 13.5. The van der Waals surface area contributed by atoms with E-state index in [9.17, 15) is 9.90 Å². The van der Waals surface area contributed by atoms with Crippen LogP contribution in [0.5, 0.6) is 0 Å². The lowest BCUT2D eigenvalue weighted by molar-refractivity contribution is -0.147. The first-order valence-electron chi connectivity index (χ1n) is 6.42. The minimum Gasteiger partial charge on any atom is -0.481 e. The Bertz CT molecular complexity index is 247. The first kappa shape index (κ1) is 14.5. The summed E-state index contributed by atoms with van der Waals surface area (Å²) in [5.74, 6) is -0.386. The molecule has 0 saturated carbocycles. The van der Waals surface area contributed by atoms with Crippen molar-refractivity contribution < 1.29 is 14.6 Å². The smallest absolute Gasteiger partial charge is 0.308 e. The lowest BCUT2D eigenvalue weighted by Crippen LogP contribution is -2.48. The number of carboxylic acid groups (broad SMARTS) is 1. The van der Waals surface area contributed by atoms with Crippen LogP contribution in [0.2, 0.25) is 0 Å². The van der Waals surface area contributed by atoms with Gasteiger partial charge in [0, 0.05) is 19.3 Å². The van der Waals surface area contributed by atoms with Gasteiger partial charge in [0.25, 0.3) is 0 Å². The van der Waals surface area contributed by atoms with E-state index in [2.05, 4.69) is 4.90 Å². The molecular weight excluding hydrogens is 218 g/mol. The van der Waals surface area contributed by atoms with Gasteiger partial charge in [0.15, 0.2) is 0 Å². The van der Waals surface area contributed by atoms with Crippen molar-refractivity contribution in [1.82, 2.24) is 4.90 Å². The second kappa shape index (κ2) is 6.36. The highest BCUT2D eigenvalue weighted by Gasteiger charge is 2.38. The minimum atomic E-state index is -0.676. The van der Waals surface area contributed by atoms with Crippen LogP contribution < -0.4 is 0 Å². The molecule has 1 heterocycles. The minimum absolute atomic E-state index is 0.108. The van der Waals surface area contributed by atoms with Gasteiger partial charge in [0.05, 0.1) is 5.92 Å². The number of hydrogen-bond acceptors (Lipinski definition) is 3. The average molecular weight is 243 g/mol. The van der Waals surface area contributed by atoms with Crippen LogP contribution in [0.3, 0.4) is 0 Å². The van der Waals surface area contributed by atoms with Crippen molar-refractivity contribution in [2.75, 3.05) is 27.3 Å². The maximum atomic E-state index is 11.5. The van der Waals surface area contributed by atoms with Crippen LogP contribution in [0, 0.1) is 17.8 Å². The zero-order chi connectivity index (χ0) is 13.0. The molecule has 2 atom stereocenters. The van der Waals surface area contributed by atoms with Crippen LogP contribution in [-0.4, -0.2) is 49.3 Å². The summed E-state index contributed by atoms with van der Waals surface area (Å²) in [6.07, 6.45) is 1.94. The third-order valence-corrected chi connectivity index (χ3v) is 3.72. The zero-order valence-corrected chi connectivity index (χ0v) is 11.3. The topological polar surface area (TPSA) is 49.8 Å². The fourth-order valence-corrected chi connectivity index (χ4v) is 2.92. The quantitative estimate of drug-likeness (QED) is 0.798. The van der Waals surface area contributed by atoms with Gasteiger partial charge in [-0.05, 0) is 38.8 Å². The molecule has 17 heavy (non-hydrogen) atoms. The lowest BCUT2D eigenvalue weighted by Gasteiger charge is -2.39. The Balaban J connectivity index is 2.85. The summed E-state index contributed by atoms with van der Waals surface area (Å²) in [6.45, 7) is 5.52. The van der Waals surface area contributed by atoms with Crippen molar-refractivity contribution in [2.45, 2.75) is 32.7 Å². The average Bonchev–Trinajstić information content (AvgIpc) is 2.25. The number of aliphatic carboxylic acids is 1. The summed E-state index contributed by atoms with van der Waals surface area (Å²) in [7, 11) is 3.97. The van der Waals surface area contributed by atoms with Crippen LogP contribution in [0.25, 0.3) is 0 Å². The van der Waals surface area contributed by atoms with Crippen molar-refractivity contribution in [3.05, 3.63) is 0 Å². The van der Waals surface area contributed by atoms with Gasteiger partial charge in [-0.2, -0.15) is 0 Å². The van der Waals surface area contributed by atoms with E-state index in [1.165, 1.54) is 0 Å². The molecule has 0 aromatic carbocycles. The molecule has 0 aliphatic carbocycles. The summed E-state index contributed by atoms with van der Waals surface area (Å²) in [5, 5.41) is 9.44. The highest BCUT2D eigenvalue weighted by atomic mass is 16.5. The molecule has 0 spiro atoms. The van der Waals surface area contributed by atoms with Gasteiger partial charge in [0.2, 0.25) is 0 Å². The Morgan fingerprint density at radius 1 is 1.29 bits per heavy atom. The van der Waals surface area contributed by atoms with E-state index in [1.807, 2.05) is 27.9 Å². The number of hydrogen-bond donors (Lipinski definition) is 1. The van der Waals surface area contributed by atoms with Crippen LogP contribution in [0.1, 0.15) is 26.7 Å². The molecule has 1 aliphatic rings. The predicted octanol–water partition coefficient (Wildman–Crippen LogP) is 1.70. The first-order chi connectivity index (χ1) is 7.95. The Labute approximate surface area is 104 Å². The Hall–Kier alpha value is -0.610. The van der Waals surface area contributed by atoms with Crippen LogP contribution in [-0.2, 0) is 9.53 Å². The van der Waals surface area contributed by atoms with Crippen molar-refractivity contribution in [3.8, 4) is 0 Å². The second-order valence-corrected chi connectivity index (χ2v) is 5.51. The van der Waals surface area contributed by atoms with E-state index in [1.54, 1.807) is 0 Å². The van der Waals surface area contributed by atoms with E-state index >= 15 is 0 Å². The van der Waals surface area contributed by atoms with E-state index in [0.29, 0.717) is 5.92 Å². The molecule has 0 aromatic heterocycles. The predicted molar refractivity (Wildman–Crippen MR) is 67.0 cm³/mol. The van der Waals surface area contributed by atoms with Gasteiger partial charge in [-0.1, -0.05) is 13.8 Å². The molecule has 4 nitrogen and oxygen atoms in total. The molecule has 1 N–H and O–H groups in total. The molecule has 1 aliphatic heterocycles. The van der Waals surface area contributed by atoms with Gasteiger partial charge in [0.1, 0.15) is 0 Å². The van der Waals surface area contributed by atoms with Gasteiger partial charge >= 0.3 is 5.97 Å². The largest absolute Gasteiger partial charge is 0.481 e. The highest BCUT2D eigenvalue weighted by molar-refractivity contribution is 5.71. The summed E-state index contributed by atoms with van der Waals surface area (Å²) in [5.41, 5.74) is 0. The van der Waals surface area contributed by atoms with E-state index in [0.717, 1.165) is 26.1 Å². The molecule has 100 valence electrons. The SMILES string of the molecule is CC(C)C(C(=O)O)C(C1CCOCC1)N(C)C. The molecule has 0 bridgehead atoms. The monoisotopic (exact) mass is 243 g/mol. The van der Waals surface area contributed by atoms with Crippen molar-refractivity contribution in [3.63, 3.8) is 0 Å². The standard InChI is InChI=1S/C13H25NO3/c1-9(2)11(13(15)16)12(14(3)4)10-5-7-17-8-6-10/h9-12H,5-8H2,1-4H3,(H,15,16). The Morgan fingerprint density at radius 3 is 2.18 bits per heavy atom. The summed E-state index contributed by atoms with van der Waals surface area (Å²) >= 11 is 0. The van der Waals surface area contributed by atoms with Crippen molar-refractivity contribution >= 4 is 5.97 Å². The molecule has 4 heteroatoms.